The van der Waals surface area contributed by atoms with Gasteiger partial charge in [-0.05, 0) is 19.8 Å². The largest absolute Gasteiger partial charge is 1.00 e. The summed E-state index contributed by atoms with van der Waals surface area (Å²) in [7, 11) is 0. The second kappa shape index (κ2) is 7.82. The van der Waals surface area contributed by atoms with Crippen LogP contribution in [0.25, 0.3) is 11.6 Å². The summed E-state index contributed by atoms with van der Waals surface area (Å²) in [6, 6.07) is 0. The summed E-state index contributed by atoms with van der Waals surface area (Å²) in [4.78, 5) is 25.0. The zero-order chi connectivity index (χ0) is 13.4. The van der Waals surface area contributed by atoms with E-state index in [0.29, 0.717) is 0 Å². The van der Waals surface area contributed by atoms with Gasteiger partial charge in [0, 0.05) is 9.69 Å². The van der Waals surface area contributed by atoms with Crippen LogP contribution < -0.4 is 103 Å². The van der Waals surface area contributed by atoms with Crippen LogP contribution >= 0.6 is 0 Å². The van der Waals surface area contributed by atoms with Crippen LogP contribution in [0.2, 0.25) is 0 Å². The minimum Gasteiger partial charge on any atom is -1.00 e. The van der Waals surface area contributed by atoms with Crippen molar-refractivity contribution in [3.8, 4) is 11.6 Å². The second-order valence-electron chi connectivity index (χ2n) is 2.76. The van der Waals surface area contributed by atoms with E-state index in [1.54, 1.807) is 0 Å². The average molecular weight is 338 g/mol. The third-order valence-electron chi connectivity index (χ3n) is 1.69. The molecule has 0 saturated carbocycles. The molecule has 2 aromatic heterocycles. The normalized spacial score (nSPS) is 9.40. The topological polar surface area (TPSA) is 188 Å². The van der Waals surface area contributed by atoms with Gasteiger partial charge < -0.3 is 33.5 Å². The van der Waals surface area contributed by atoms with Crippen LogP contribution in [0.1, 0.15) is 2.85 Å². The van der Waals surface area contributed by atoms with Crippen molar-refractivity contribution in [1.82, 2.24) is 29.9 Å². The Balaban J connectivity index is -0.000000902. The van der Waals surface area contributed by atoms with Crippen molar-refractivity contribution in [1.29, 1.82) is 0 Å². The van der Waals surface area contributed by atoms with E-state index in [9.17, 15) is 30.6 Å². The van der Waals surface area contributed by atoms with E-state index in [2.05, 4.69) is 20.2 Å². The molecule has 0 atom stereocenters. The van der Waals surface area contributed by atoms with Crippen molar-refractivity contribution in [2.75, 3.05) is 0 Å². The Hall–Kier alpha value is -0.0473. The van der Waals surface area contributed by atoms with Gasteiger partial charge >= 0.3 is 126 Å². The molecule has 16 heteroatoms. The van der Waals surface area contributed by atoms with Crippen molar-refractivity contribution in [2.24, 2.45) is 0 Å². The van der Waals surface area contributed by atoms with Crippen LogP contribution in [0.4, 0.5) is 11.9 Å². The number of hydrogen-bond acceptors (Lipinski definition) is 10. The van der Waals surface area contributed by atoms with Crippen LogP contribution in [-0.4, -0.2) is 50.1 Å². The van der Waals surface area contributed by atoms with Crippen LogP contribution in [0.5, 0.6) is 0 Å². The summed E-state index contributed by atoms with van der Waals surface area (Å²) >= 11 is 0. The quantitative estimate of drug-likeness (QED) is 0.235. The van der Waals surface area contributed by atoms with Gasteiger partial charge in [-0.1, -0.05) is 0 Å². The van der Waals surface area contributed by atoms with E-state index in [1.165, 1.54) is 0 Å². The molecule has 0 bridgehead atoms. The predicted octanol–water partition coefficient (Wildman–Crippen LogP) is -6.94. The van der Waals surface area contributed by atoms with Gasteiger partial charge in [-0.3, -0.25) is 0 Å². The molecule has 0 spiro atoms. The summed E-state index contributed by atoms with van der Waals surface area (Å²) in [5.41, 5.74) is 0. The molecule has 2 heterocycles. The molecule has 2 aromatic rings. The molecule has 98 valence electrons. The minimum absolute atomic E-state index is 0. The Kier molecular flexibility index (Phi) is 7.80. The standard InChI is InChI=1S/C4H2N8O6.2K.2H/c13-9-1(5-3(7-9)11(15)16)2-6-4(12(17)18)8-10(2)14;;;;/h13-14H;;;;/q;2*+1;2*-1. The molecule has 0 aromatic carbocycles. The second-order valence-corrected chi connectivity index (χ2v) is 2.76. The average Bonchev–Trinajstić information content (AvgIpc) is 2.82. The first kappa shape index (κ1) is 20.0. The molecule has 0 aliphatic carbocycles. The van der Waals surface area contributed by atoms with Crippen molar-refractivity contribution in [3.63, 3.8) is 0 Å². The molecule has 14 nitrogen and oxygen atoms in total. The maximum absolute atomic E-state index is 10.3. The van der Waals surface area contributed by atoms with Gasteiger partial charge in [0.15, 0.2) is 0 Å². The first-order valence-electron chi connectivity index (χ1n) is 4.02. The summed E-state index contributed by atoms with van der Waals surface area (Å²) < 4.78 is 0. The molecule has 20 heavy (non-hydrogen) atoms. The number of nitrogens with zero attached hydrogens (tertiary/aromatic N) is 8. The molecule has 0 aliphatic rings. The fourth-order valence-corrected chi connectivity index (χ4v) is 1.02. The van der Waals surface area contributed by atoms with E-state index in [-0.39, 0.29) is 115 Å². The Morgan fingerprint density at radius 2 is 1.20 bits per heavy atom. The predicted molar refractivity (Wildman–Crippen MR) is 48.9 cm³/mol. The fourth-order valence-electron chi connectivity index (χ4n) is 1.02. The van der Waals surface area contributed by atoms with Crippen LogP contribution in [0.3, 0.4) is 0 Å². The van der Waals surface area contributed by atoms with Gasteiger partial charge in [-0.25, -0.2) is 0 Å². The van der Waals surface area contributed by atoms with E-state index in [1.807, 2.05) is 0 Å². The Morgan fingerprint density at radius 1 is 0.900 bits per heavy atom. The number of aromatic nitrogens is 6. The molecule has 0 radical (unpaired) electrons. The summed E-state index contributed by atoms with van der Waals surface area (Å²) in [5, 5.41) is 45.0. The van der Waals surface area contributed by atoms with Crippen molar-refractivity contribution >= 4 is 11.9 Å². The van der Waals surface area contributed by atoms with Gasteiger partial charge in [0.05, 0.1) is 10.2 Å². The maximum Gasteiger partial charge on any atom is 1.00 e. The summed E-state index contributed by atoms with van der Waals surface area (Å²) in [6.45, 7) is 0. The Morgan fingerprint density at radius 3 is 1.40 bits per heavy atom. The van der Waals surface area contributed by atoms with E-state index >= 15 is 0 Å². The van der Waals surface area contributed by atoms with Gasteiger partial charge in [0.25, 0.3) is 0 Å². The molecule has 0 fully saturated rings. The van der Waals surface area contributed by atoms with Gasteiger partial charge in [-0.2, -0.15) is 0 Å². The van der Waals surface area contributed by atoms with Crippen molar-refractivity contribution in [2.45, 2.75) is 0 Å². The summed E-state index contributed by atoms with van der Waals surface area (Å²) in [5.74, 6) is -3.30. The fraction of sp³-hybridized carbons (Fsp3) is 0. The zero-order valence-corrected chi connectivity index (χ0v) is 16.4. The number of rotatable bonds is 3. The Labute approximate surface area is 196 Å². The van der Waals surface area contributed by atoms with Crippen LogP contribution in [0, 0.1) is 20.2 Å². The van der Waals surface area contributed by atoms with Crippen LogP contribution in [-0.2, 0) is 0 Å². The van der Waals surface area contributed by atoms with Crippen molar-refractivity contribution < 1.29 is 126 Å². The number of nitro groups is 2. The Bertz CT molecular complexity index is 605. The molecular weight excluding hydrogens is 334 g/mol. The summed E-state index contributed by atoms with van der Waals surface area (Å²) in [6.07, 6.45) is 0. The molecule has 0 amide bonds. The van der Waals surface area contributed by atoms with E-state index < -0.39 is 33.4 Å². The molecule has 0 saturated heterocycles. The number of hydrogen-bond donors (Lipinski definition) is 2. The minimum atomic E-state index is -1.01. The third kappa shape index (κ3) is 3.99. The third-order valence-corrected chi connectivity index (χ3v) is 1.69. The van der Waals surface area contributed by atoms with E-state index in [4.69, 9.17) is 0 Å². The first-order valence-corrected chi connectivity index (χ1v) is 4.02. The first-order chi connectivity index (χ1) is 8.40. The van der Waals surface area contributed by atoms with Gasteiger partial charge in [0.2, 0.25) is 0 Å². The molecular formula is C4H4K2N8O6. The maximum atomic E-state index is 10.3. The van der Waals surface area contributed by atoms with E-state index in [0.717, 1.165) is 0 Å². The zero-order valence-electron chi connectivity index (χ0n) is 12.1. The molecule has 0 unspecified atom stereocenters. The molecule has 0 aliphatic heterocycles. The molecule has 2 rings (SSSR count). The van der Waals surface area contributed by atoms with Crippen molar-refractivity contribution in [3.05, 3.63) is 20.2 Å². The van der Waals surface area contributed by atoms with Crippen LogP contribution in [0.15, 0.2) is 0 Å². The smallest absolute Gasteiger partial charge is 1.00 e. The monoisotopic (exact) mass is 338 g/mol. The van der Waals surface area contributed by atoms with Gasteiger partial charge in [-0.15, -0.1) is 0 Å². The molecule has 2 N–H and O–H groups in total. The van der Waals surface area contributed by atoms with Gasteiger partial charge in [0.1, 0.15) is 0 Å². The SMILES string of the molecule is O=[N+]([O-])c1nc(-c2nc([N+](=O)[O-])nn2O)n(O)n1.[H-].[H-].[K+].[K+].